The van der Waals surface area contributed by atoms with Gasteiger partial charge in [-0.15, -0.1) is 10.2 Å². The summed E-state index contributed by atoms with van der Waals surface area (Å²) in [5, 5.41) is 13.3. The number of benzene rings is 1. The van der Waals surface area contributed by atoms with Crippen molar-refractivity contribution < 1.29 is 4.79 Å². The Kier molecular flexibility index (Phi) is 2.55. The number of tetrazole rings is 1. The standard InChI is InChI=1S/C12H13N5O/c1-8-6-7-9-4-2-3-5-10(9)17(8)12(18)11-13-15-16-14-11/h2-5,8H,6-7H2,1H3,(H,13,14,15,16). The van der Waals surface area contributed by atoms with Gasteiger partial charge in [-0.05, 0) is 36.6 Å². The Morgan fingerprint density at radius 2 is 2.28 bits per heavy atom. The molecule has 3 rings (SSSR count). The highest BCUT2D eigenvalue weighted by molar-refractivity contribution is 6.04. The van der Waals surface area contributed by atoms with Crippen LogP contribution in [-0.2, 0) is 6.42 Å². The number of para-hydroxylation sites is 1. The number of hydrogen-bond acceptors (Lipinski definition) is 4. The minimum Gasteiger partial charge on any atom is -0.302 e. The Balaban J connectivity index is 2.03. The van der Waals surface area contributed by atoms with E-state index < -0.39 is 0 Å². The van der Waals surface area contributed by atoms with Gasteiger partial charge in [0.05, 0.1) is 0 Å². The number of H-pyrrole nitrogens is 1. The first-order chi connectivity index (χ1) is 8.77. The Labute approximate surface area is 104 Å². The molecule has 0 radical (unpaired) electrons. The van der Waals surface area contributed by atoms with Gasteiger partial charge in [0.2, 0.25) is 0 Å². The minimum atomic E-state index is -0.205. The summed E-state index contributed by atoms with van der Waals surface area (Å²) in [5.41, 5.74) is 2.14. The fraction of sp³-hybridized carbons (Fsp3) is 0.333. The zero-order valence-corrected chi connectivity index (χ0v) is 10.00. The quantitative estimate of drug-likeness (QED) is 0.816. The molecule has 0 saturated carbocycles. The van der Waals surface area contributed by atoms with Gasteiger partial charge in [0, 0.05) is 11.7 Å². The highest BCUT2D eigenvalue weighted by Gasteiger charge is 2.30. The first-order valence-corrected chi connectivity index (χ1v) is 5.92. The Bertz CT molecular complexity index is 566. The molecular formula is C12H13N5O. The van der Waals surface area contributed by atoms with Crippen molar-refractivity contribution in [3.05, 3.63) is 35.7 Å². The third kappa shape index (κ3) is 1.66. The van der Waals surface area contributed by atoms with Crippen molar-refractivity contribution in [1.82, 2.24) is 20.6 Å². The van der Waals surface area contributed by atoms with E-state index in [0.717, 1.165) is 18.5 Å². The molecule has 1 amide bonds. The van der Waals surface area contributed by atoms with Gasteiger partial charge in [-0.3, -0.25) is 4.79 Å². The number of anilines is 1. The first kappa shape index (κ1) is 10.9. The van der Waals surface area contributed by atoms with Crippen molar-refractivity contribution >= 4 is 11.6 Å². The van der Waals surface area contributed by atoms with Crippen LogP contribution in [0.2, 0.25) is 0 Å². The molecule has 1 aromatic carbocycles. The van der Waals surface area contributed by atoms with Crippen LogP contribution in [0.4, 0.5) is 5.69 Å². The summed E-state index contributed by atoms with van der Waals surface area (Å²) in [6.07, 6.45) is 1.94. The maximum Gasteiger partial charge on any atom is 0.300 e. The van der Waals surface area contributed by atoms with E-state index in [9.17, 15) is 4.79 Å². The molecule has 2 aromatic rings. The number of carbonyl (C=O) groups excluding carboxylic acids is 1. The molecule has 18 heavy (non-hydrogen) atoms. The molecule has 0 saturated heterocycles. The number of amides is 1. The van der Waals surface area contributed by atoms with Crippen molar-refractivity contribution in [2.75, 3.05) is 4.90 Å². The summed E-state index contributed by atoms with van der Waals surface area (Å²) < 4.78 is 0. The average molecular weight is 243 g/mol. The van der Waals surface area contributed by atoms with Gasteiger partial charge < -0.3 is 4.90 Å². The molecular weight excluding hydrogens is 230 g/mol. The largest absolute Gasteiger partial charge is 0.302 e. The maximum absolute atomic E-state index is 12.4. The van der Waals surface area contributed by atoms with Crippen LogP contribution in [0.3, 0.4) is 0 Å². The summed E-state index contributed by atoms with van der Waals surface area (Å²) in [5.74, 6) is -0.0954. The number of aromatic amines is 1. The zero-order valence-electron chi connectivity index (χ0n) is 10.00. The average Bonchev–Trinajstić information content (AvgIpc) is 2.92. The number of hydrogen-bond donors (Lipinski definition) is 1. The Morgan fingerprint density at radius 1 is 1.44 bits per heavy atom. The normalized spacial score (nSPS) is 18.5. The molecule has 1 aliphatic rings. The topological polar surface area (TPSA) is 74.8 Å². The van der Waals surface area contributed by atoms with E-state index >= 15 is 0 Å². The van der Waals surface area contributed by atoms with E-state index in [1.807, 2.05) is 25.1 Å². The Morgan fingerprint density at radius 3 is 3.06 bits per heavy atom. The fourth-order valence-corrected chi connectivity index (χ4v) is 2.36. The lowest BCUT2D eigenvalue weighted by Gasteiger charge is -2.34. The number of aromatic nitrogens is 4. The number of fused-ring (bicyclic) bond motifs is 1. The smallest absolute Gasteiger partial charge is 0.300 e. The lowest BCUT2D eigenvalue weighted by atomic mass is 9.96. The highest BCUT2D eigenvalue weighted by Crippen LogP contribution is 2.31. The highest BCUT2D eigenvalue weighted by atomic mass is 16.2. The third-order valence-electron chi connectivity index (χ3n) is 3.28. The second kappa shape index (κ2) is 4.21. The predicted octanol–water partition coefficient (Wildman–Crippen LogP) is 1.18. The SMILES string of the molecule is CC1CCc2ccccc2N1C(=O)c1nn[nH]n1. The van der Waals surface area contributed by atoms with E-state index in [1.54, 1.807) is 4.90 Å². The lowest BCUT2D eigenvalue weighted by molar-refractivity contribution is 0.0965. The predicted molar refractivity (Wildman–Crippen MR) is 65.2 cm³/mol. The van der Waals surface area contributed by atoms with Crippen LogP contribution in [0.25, 0.3) is 0 Å². The van der Waals surface area contributed by atoms with Gasteiger partial charge >= 0.3 is 0 Å². The number of carbonyl (C=O) groups is 1. The molecule has 1 unspecified atom stereocenters. The summed E-state index contributed by atoms with van der Waals surface area (Å²) in [6.45, 7) is 2.04. The van der Waals surface area contributed by atoms with Crippen LogP contribution >= 0.6 is 0 Å². The molecule has 0 bridgehead atoms. The van der Waals surface area contributed by atoms with Crippen molar-refractivity contribution in [3.63, 3.8) is 0 Å². The molecule has 1 aromatic heterocycles. The maximum atomic E-state index is 12.4. The van der Waals surface area contributed by atoms with Crippen molar-refractivity contribution in [1.29, 1.82) is 0 Å². The van der Waals surface area contributed by atoms with Gasteiger partial charge in [0.15, 0.2) is 0 Å². The number of rotatable bonds is 1. The van der Waals surface area contributed by atoms with Crippen molar-refractivity contribution in [3.8, 4) is 0 Å². The van der Waals surface area contributed by atoms with E-state index in [2.05, 4.69) is 26.7 Å². The van der Waals surface area contributed by atoms with Crippen LogP contribution in [-0.4, -0.2) is 32.6 Å². The summed E-state index contributed by atoms with van der Waals surface area (Å²) in [4.78, 5) is 14.1. The van der Waals surface area contributed by atoms with Gasteiger partial charge in [-0.1, -0.05) is 18.2 Å². The first-order valence-electron chi connectivity index (χ1n) is 5.92. The van der Waals surface area contributed by atoms with Gasteiger partial charge in [-0.2, -0.15) is 5.21 Å². The molecule has 1 aliphatic heterocycles. The molecule has 0 fully saturated rings. The second-order valence-corrected chi connectivity index (χ2v) is 4.43. The van der Waals surface area contributed by atoms with Crippen LogP contribution in [0.15, 0.2) is 24.3 Å². The van der Waals surface area contributed by atoms with Gasteiger partial charge in [0.1, 0.15) is 0 Å². The lowest BCUT2D eigenvalue weighted by Crippen LogP contribution is -2.42. The minimum absolute atomic E-state index is 0.110. The van der Waals surface area contributed by atoms with E-state index in [4.69, 9.17) is 0 Å². The number of aryl methyl sites for hydroxylation is 1. The molecule has 1 N–H and O–H groups in total. The van der Waals surface area contributed by atoms with Crippen molar-refractivity contribution in [2.24, 2.45) is 0 Å². The number of nitrogens with zero attached hydrogens (tertiary/aromatic N) is 4. The number of nitrogens with one attached hydrogen (secondary N) is 1. The fourth-order valence-electron chi connectivity index (χ4n) is 2.36. The summed E-state index contributed by atoms with van der Waals surface area (Å²) >= 11 is 0. The van der Waals surface area contributed by atoms with Crippen LogP contribution in [0, 0.1) is 0 Å². The van der Waals surface area contributed by atoms with Gasteiger partial charge in [-0.25, -0.2) is 0 Å². The van der Waals surface area contributed by atoms with Crippen molar-refractivity contribution in [2.45, 2.75) is 25.8 Å². The molecule has 0 spiro atoms. The monoisotopic (exact) mass is 243 g/mol. The second-order valence-electron chi connectivity index (χ2n) is 4.43. The molecule has 6 heteroatoms. The summed E-state index contributed by atoms with van der Waals surface area (Å²) in [7, 11) is 0. The van der Waals surface area contributed by atoms with Crippen LogP contribution in [0.5, 0.6) is 0 Å². The molecule has 2 heterocycles. The molecule has 0 aliphatic carbocycles. The third-order valence-corrected chi connectivity index (χ3v) is 3.28. The summed E-state index contributed by atoms with van der Waals surface area (Å²) in [6, 6.07) is 8.09. The van der Waals surface area contributed by atoms with E-state index in [-0.39, 0.29) is 17.8 Å². The Hall–Kier alpha value is -2.24. The van der Waals surface area contributed by atoms with E-state index in [1.165, 1.54) is 5.56 Å². The van der Waals surface area contributed by atoms with E-state index in [0.29, 0.717) is 0 Å². The van der Waals surface area contributed by atoms with Crippen LogP contribution in [0.1, 0.15) is 29.5 Å². The zero-order chi connectivity index (χ0) is 12.5. The molecule has 1 atom stereocenters. The molecule has 6 nitrogen and oxygen atoms in total. The van der Waals surface area contributed by atoms with Gasteiger partial charge in [0.25, 0.3) is 11.7 Å². The molecule has 92 valence electrons. The van der Waals surface area contributed by atoms with Crippen LogP contribution < -0.4 is 4.90 Å².